The van der Waals surface area contributed by atoms with Gasteiger partial charge in [-0.25, -0.2) is 0 Å². The third kappa shape index (κ3) is 4.98. The first kappa shape index (κ1) is 19.3. The maximum absolute atomic E-state index is 12.2. The first-order chi connectivity index (χ1) is 12.4. The van der Waals surface area contributed by atoms with E-state index in [0.29, 0.717) is 11.1 Å². The summed E-state index contributed by atoms with van der Waals surface area (Å²) in [5, 5.41) is 5.20. The number of imide groups is 1. The van der Waals surface area contributed by atoms with Gasteiger partial charge in [0.1, 0.15) is 5.78 Å². The van der Waals surface area contributed by atoms with Crippen molar-refractivity contribution >= 4 is 29.4 Å². The van der Waals surface area contributed by atoms with Gasteiger partial charge in [0, 0.05) is 38.9 Å². The molecule has 0 aliphatic carbocycles. The zero-order valence-corrected chi connectivity index (χ0v) is 14.5. The van der Waals surface area contributed by atoms with Gasteiger partial charge in [-0.3, -0.25) is 24.1 Å². The fourth-order valence-corrected chi connectivity index (χ4v) is 2.53. The van der Waals surface area contributed by atoms with E-state index in [4.69, 9.17) is 0 Å². The average Bonchev–Trinajstić information content (AvgIpc) is 2.86. The summed E-state index contributed by atoms with van der Waals surface area (Å²) in [6.45, 7) is 1.90. The zero-order chi connectivity index (χ0) is 19.1. The molecule has 26 heavy (non-hydrogen) atoms. The lowest BCUT2D eigenvalue weighted by Crippen LogP contribution is -2.37. The van der Waals surface area contributed by atoms with E-state index in [1.54, 1.807) is 24.3 Å². The van der Waals surface area contributed by atoms with Crippen LogP contribution in [0, 0.1) is 0 Å². The number of hydrogen-bond acceptors (Lipinski definition) is 5. The van der Waals surface area contributed by atoms with Gasteiger partial charge in [-0.2, -0.15) is 0 Å². The van der Waals surface area contributed by atoms with Crippen molar-refractivity contribution in [1.29, 1.82) is 0 Å². The molecule has 1 aromatic carbocycles. The summed E-state index contributed by atoms with van der Waals surface area (Å²) in [7, 11) is 0. The monoisotopic (exact) mass is 359 g/mol. The largest absolute Gasteiger partial charge is 0.354 e. The Labute approximate surface area is 150 Å². The number of fused-ring (bicyclic) bond motifs is 1. The topological polar surface area (TPSA) is 113 Å². The maximum Gasteiger partial charge on any atom is 0.261 e. The molecular weight excluding hydrogens is 338 g/mol. The Morgan fingerprint density at radius 2 is 1.35 bits per heavy atom. The minimum atomic E-state index is -0.392. The molecule has 1 heterocycles. The van der Waals surface area contributed by atoms with Crippen molar-refractivity contribution in [2.45, 2.75) is 26.2 Å². The molecule has 0 aromatic heterocycles. The summed E-state index contributed by atoms with van der Waals surface area (Å²) in [5.41, 5.74) is 0.706. The lowest BCUT2D eigenvalue weighted by Gasteiger charge is -2.13. The van der Waals surface area contributed by atoms with Crippen LogP contribution in [-0.4, -0.2) is 53.9 Å². The van der Waals surface area contributed by atoms with Gasteiger partial charge in [-0.15, -0.1) is 0 Å². The van der Waals surface area contributed by atoms with Crippen LogP contribution in [0.2, 0.25) is 0 Å². The van der Waals surface area contributed by atoms with Gasteiger partial charge in [0.2, 0.25) is 11.8 Å². The summed E-state index contributed by atoms with van der Waals surface area (Å²) in [4.78, 5) is 59.4. The zero-order valence-electron chi connectivity index (χ0n) is 14.5. The van der Waals surface area contributed by atoms with Crippen molar-refractivity contribution < 1.29 is 24.0 Å². The molecule has 8 nitrogen and oxygen atoms in total. The Kier molecular flexibility index (Phi) is 6.60. The standard InChI is InChI=1S/C18H21N3O5/c1-12(22)6-7-15(23)19-9-10-20-16(24)8-11-21-17(25)13-4-2-3-5-14(13)18(21)26/h2-5H,6-11H2,1H3,(H,19,23)(H,20,24). The van der Waals surface area contributed by atoms with Crippen molar-refractivity contribution in [1.82, 2.24) is 15.5 Å². The highest BCUT2D eigenvalue weighted by Crippen LogP contribution is 2.22. The second kappa shape index (κ2) is 8.89. The number of nitrogens with one attached hydrogen (secondary N) is 2. The molecule has 1 aliphatic heterocycles. The number of amides is 4. The number of benzene rings is 1. The summed E-state index contributed by atoms with van der Waals surface area (Å²) in [6, 6.07) is 6.55. The SMILES string of the molecule is CC(=O)CCC(=O)NCCNC(=O)CCN1C(=O)c2ccccc2C1=O. The first-order valence-corrected chi connectivity index (χ1v) is 8.38. The highest BCUT2D eigenvalue weighted by molar-refractivity contribution is 6.21. The fraction of sp³-hybridized carbons (Fsp3) is 0.389. The summed E-state index contributed by atoms with van der Waals surface area (Å²) in [5.74, 6) is -1.41. The number of nitrogens with zero attached hydrogens (tertiary/aromatic N) is 1. The van der Waals surface area contributed by atoms with Crippen molar-refractivity contribution in [2.75, 3.05) is 19.6 Å². The molecule has 2 N–H and O–H groups in total. The van der Waals surface area contributed by atoms with Gasteiger partial charge in [0.05, 0.1) is 11.1 Å². The number of rotatable bonds is 9. The molecule has 0 saturated heterocycles. The Morgan fingerprint density at radius 3 is 1.85 bits per heavy atom. The second-order valence-corrected chi connectivity index (χ2v) is 5.96. The van der Waals surface area contributed by atoms with Crippen LogP contribution in [0.15, 0.2) is 24.3 Å². The molecule has 1 aromatic rings. The fourth-order valence-electron chi connectivity index (χ4n) is 2.53. The van der Waals surface area contributed by atoms with Gasteiger partial charge >= 0.3 is 0 Å². The molecule has 0 saturated carbocycles. The van der Waals surface area contributed by atoms with Gasteiger partial charge in [0.25, 0.3) is 11.8 Å². The van der Waals surface area contributed by atoms with Crippen LogP contribution in [0.25, 0.3) is 0 Å². The summed E-state index contributed by atoms with van der Waals surface area (Å²) in [6.07, 6.45) is 0.311. The quantitative estimate of drug-likeness (QED) is 0.486. The lowest BCUT2D eigenvalue weighted by molar-refractivity contribution is -0.124. The van der Waals surface area contributed by atoms with Crippen molar-refractivity contribution in [3.05, 3.63) is 35.4 Å². The highest BCUT2D eigenvalue weighted by atomic mass is 16.2. The van der Waals surface area contributed by atoms with E-state index in [2.05, 4.69) is 10.6 Å². The van der Waals surface area contributed by atoms with E-state index < -0.39 is 11.8 Å². The molecule has 2 rings (SSSR count). The molecule has 0 bridgehead atoms. The van der Waals surface area contributed by atoms with Gasteiger partial charge < -0.3 is 15.4 Å². The van der Waals surface area contributed by atoms with Crippen molar-refractivity contribution in [2.24, 2.45) is 0 Å². The van der Waals surface area contributed by atoms with Crippen LogP contribution < -0.4 is 10.6 Å². The predicted molar refractivity (Wildman–Crippen MR) is 92.4 cm³/mol. The smallest absolute Gasteiger partial charge is 0.261 e. The summed E-state index contributed by atoms with van der Waals surface area (Å²) < 4.78 is 0. The van der Waals surface area contributed by atoms with Crippen LogP contribution in [0.1, 0.15) is 46.9 Å². The Hall–Kier alpha value is -3.03. The molecule has 138 valence electrons. The van der Waals surface area contributed by atoms with E-state index >= 15 is 0 Å². The molecule has 4 amide bonds. The van der Waals surface area contributed by atoms with Crippen LogP contribution >= 0.6 is 0 Å². The molecule has 0 spiro atoms. The highest BCUT2D eigenvalue weighted by Gasteiger charge is 2.34. The van der Waals surface area contributed by atoms with Gasteiger partial charge in [-0.1, -0.05) is 12.1 Å². The molecule has 0 unspecified atom stereocenters. The Balaban J connectivity index is 1.67. The number of hydrogen-bond donors (Lipinski definition) is 2. The van der Waals surface area contributed by atoms with Crippen molar-refractivity contribution in [3.63, 3.8) is 0 Å². The predicted octanol–water partition coefficient (Wildman–Crippen LogP) is 0.274. The number of carbonyl (C=O) groups is 5. The third-order valence-electron chi connectivity index (χ3n) is 3.91. The Morgan fingerprint density at radius 1 is 0.846 bits per heavy atom. The minimum Gasteiger partial charge on any atom is -0.354 e. The molecule has 0 atom stereocenters. The van der Waals surface area contributed by atoms with E-state index in [0.717, 1.165) is 4.90 Å². The number of Topliss-reactive ketones (excluding diaryl/α,β-unsaturated/α-hetero) is 1. The lowest BCUT2D eigenvalue weighted by atomic mass is 10.1. The number of carbonyl (C=O) groups excluding carboxylic acids is 5. The van der Waals surface area contributed by atoms with Gasteiger partial charge in [0.15, 0.2) is 0 Å². The van der Waals surface area contributed by atoms with E-state index in [1.165, 1.54) is 6.92 Å². The summed E-state index contributed by atoms with van der Waals surface area (Å²) >= 11 is 0. The van der Waals surface area contributed by atoms with E-state index in [-0.39, 0.29) is 56.5 Å². The first-order valence-electron chi connectivity index (χ1n) is 8.38. The van der Waals surface area contributed by atoms with Crippen LogP contribution in [-0.2, 0) is 14.4 Å². The van der Waals surface area contributed by atoms with Gasteiger partial charge in [-0.05, 0) is 19.1 Å². The average molecular weight is 359 g/mol. The molecule has 0 radical (unpaired) electrons. The molecular formula is C18H21N3O5. The number of ketones is 1. The van der Waals surface area contributed by atoms with Crippen LogP contribution in [0.5, 0.6) is 0 Å². The molecule has 0 fully saturated rings. The third-order valence-corrected chi connectivity index (χ3v) is 3.91. The minimum absolute atomic E-state index is 0.00313. The molecule has 1 aliphatic rings. The Bertz CT molecular complexity index is 709. The van der Waals surface area contributed by atoms with E-state index in [1.807, 2.05) is 0 Å². The van der Waals surface area contributed by atoms with E-state index in [9.17, 15) is 24.0 Å². The molecule has 8 heteroatoms. The maximum atomic E-state index is 12.2. The second-order valence-electron chi connectivity index (χ2n) is 5.96. The normalized spacial score (nSPS) is 12.7. The van der Waals surface area contributed by atoms with Crippen LogP contribution in [0.3, 0.4) is 0 Å². The van der Waals surface area contributed by atoms with Crippen LogP contribution in [0.4, 0.5) is 0 Å². The van der Waals surface area contributed by atoms with Crippen molar-refractivity contribution in [3.8, 4) is 0 Å².